The van der Waals surface area contributed by atoms with Gasteiger partial charge in [0.25, 0.3) is 0 Å². The van der Waals surface area contributed by atoms with Gasteiger partial charge in [-0.15, -0.1) is 0 Å². The van der Waals surface area contributed by atoms with Crippen molar-refractivity contribution in [3.8, 4) is 0 Å². The van der Waals surface area contributed by atoms with Gasteiger partial charge in [-0.2, -0.15) is 0 Å². The second kappa shape index (κ2) is 8.06. The van der Waals surface area contributed by atoms with Gasteiger partial charge >= 0.3 is 0 Å². The molecule has 1 heterocycles. The molecule has 1 aliphatic heterocycles. The number of likely N-dealkylation sites (N-methyl/N-ethyl adjacent to an activating group) is 1. The smallest absolute Gasteiger partial charge is 0.0235 e. The lowest BCUT2D eigenvalue weighted by Gasteiger charge is -2.26. The molecule has 3 heteroatoms. The summed E-state index contributed by atoms with van der Waals surface area (Å²) in [6.45, 7) is 12.9. The Morgan fingerprint density at radius 3 is 2.59 bits per heavy atom. The first-order chi connectivity index (χ1) is 8.21. The van der Waals surface area contributed by atoms with Gasteiger partial charge in [-0.25, -0.2) is 0 Å². The Labute approximate surface area is 107 Å². The van der Waals surface area contributed by atoms with Gasteiger partial charge in [-0.1, -0.05) is 20.8 Å². The molecule has 2 atom stereocenters. The topological polar surface area (TPSA) is 32.5 Å². The van der Waals surface area contributed by atoms with Crippen LogP contribution in [0.3, 0.4) is 0 Å². The van der Waals surface area contributed by atoms with Crippen LogP contribution in [0.25, 0.3) is 0 Å². The van der Waals surface area contributed by atoms with Crippen LogP contribution in [0.2, 0.25) is 0 Å². The molecule has 1 saturated heterocycles. The number of rotatable bonds is 8. The molecule has 0 amide bonds. The average molecular weight is 241 g/mol. The molecule has 0 aliphatic carbocycles. The minimum Gasteiger partial charge on any atom is -0.328 e. The molecule has 102 valence electrons. The number of nitrogens with zero attached hydrogens (tertiary/aromatic N) is 2. The second-order valence-corrected chi connectivity index (χ2v) is 5.27. The summed E-state index contributed by atoms with van der Waals surface area (Å²) in [4.78, 5) is 5.21. The third kappa shape index (κ3) is 4.94. The first-order valence-electron chi connectivity index (χ1n) is 7.43. The van der Waals surface area contributed by atoms with Crippen molar-refractivity contribution in [3.05, 3.63) is 0 Å². The molecule has 1 fully saturated rings. The summed E-state index contributed by atoms with van der Waals surface area (Å²) in [5, 5.41) is 0. The van der Waals surface area contributed by atoms with Crippen LogP contribution in [0.4, 0.5) is 0 Å². The Bertz CT molecular complexity index is 192. The van der Waals surface area contributed by atoms with Crippen molar-refractivity contribution in [3.63, 3.8) is 0 Å². The van der Waals surface area contributed by atoms with Gasteiger partial charge < -0.3 is 10.6 Å². The van der Waals surface area contributed by atoms with E-state index >= 15 is 0 Å². The second-order valence-electron chi connectivity index (χ2n) is 5.27. The largest absolute Gasteiger partial charge is 0.328 e. The maximum absolute atomic E-state index is 5.95. The summed E-state index contributed by atoms with van der Waals surface area (Å²) in [7, 11) is 0. The third-order valence-electron chi connectivity index (χ3n) is 4.15. The molecule has 2 unspecified atom stereocenters. The highest BCUT2D eigenvalue weighted by atomic mass is 15.2. The van der Waals surface area contributed by atoms with Crippen molar-refractivity contribution in [1.82, 2.24) is 9.80 Å². The van der Waals surface area contributed by atoms with Crippen LogP contribution in [-0.2, 0) is 0 Å². The van der Waals surface area contributed by atoms with E-state index in [2.05, 4.69) is 30.6 Å². The molecule has 0 radical (unpaired) electrons. The Hall–Kier alpha value is -0.120. The molecule has 1 aliphatic rings. The quantitative estimate of drug-likeness (QED) is 0.705. The molecule has 0 aromatic heterocycles. The normalized spacial score (nSPS) is 23.5. The Morgan fingerprint density at radius 2 is 2.00 bits per heavy atom. The van der Waals surface area contributed by atoms with E-state index < -0.39 is 0 Å². The minimum absolute atomic E-state index is 0.413. The van der Waals surface area contributed by atoms with Crippen LogP contribution in [0.15, 0.2) is 0 Å². The number of nitrogens with two attached hydrogens (primary N) is 1. The van der Waals surface area contributed by atoms with E-state index in [0.29, 0.717) is 6.04 Å². The monoisotopic (exact) mass is 241 g/mol. The zero-order valence-corrected chi connectivity index (χ0v) is 12.0. The summed E-state index contributed by atoms with van der Waals surface area (Å²) in [6.07, 6.45) is 4.91. The predicted molar refractivity (Wildman–Crippen MR) is 75.3 cm³/mol. The molecular weight excluding hydrogens is 210 g/mol. The third-order valence-corrected chi connectivity index (χ3v) is 4.15. The average Bonchev–Trinajstić information content (AvgIpc) is 2.79. The first kappa shape index (κ1) is 14.9. The SMILES string of the molecule is CCC(N)CCCN1CCC(N(CC)CC)C1. The molecule has 0 aromatic carbocycles. The van der Waals surface area contributed by atoms with E-state index in [0.717, 1.165) is 12.5 Å². The molecular formula is C14H31N3. The van der Waals surface area contributed by atoms with Gasteiger partial charge in [0.2, 0.25) is 0 Å². The van der Waals surface area contributed by atoms with Gasteiger partial charge in [-0.3, -0.25) is 4.90 Å². The van der Waals surface area contributed by atoms with Crippen LogP contribution in [0.1, 0.15) is 46.5 Å². The van der Waals surface area contributed by atoms with Gasteiger partial charge in [0.15, 0.2) is 0 Å². The minimum atomic E-state index is 0.413. The molecule has 1 rings (SSSR count). The van der Waals surface area contributed by atoms with Crippen molar-refractivity contribution < 1.29 is 0 Å². The molecule has 17 heavy (non-hydrogen) atoms. The summed E-state index contributed by atoms with van der Waals surface area (Å²) in [5.41, 5.74) is 5.95. The lowest BCUT2D eigenvalue weighted by molar-refractivity contribution is 0.209. The molecule has 0 bridgehead atoms. The van der Waals surface area contributed by atoms with E-state index in [1.807, 2.05) is 0 Å². The Balaban J connectivity index is 2.17. The summed E-state index contributed by atoms with van der Waals surface area (Å²) < 4.78 is 0. The molecule has 3 nitrogen and oxygen atoms in total. The number of hydrogen-bond donors (Lipinski definition) is 1. The van der Waals surface area contributed by atoms with Gasteiger partial charge in [0.1, 0.15) is 0 Å². The summed E-state index contributed by atoms with van der Waals surface area (Å²) >= 11 is 0. The maximum Gasteiger partial charge on any atom is 0.0235 e. The van der Waals surface area contributed by atoms with E-state index in [1.165, 1.54) is 52.0 Å². The molecule has 0 aromatic rings. The van der Waals surface area contributed by atoms with Crippen LogP contribution < -0.4 is 5.73 Å². The lowest BCUT2D eigenvalue weighted by atomic mass is 10.1. The van der Waals surface area contributed by atoms with E-state index in [1.54, 1.807) is 0 Å². The highest BCUT2D eigenvalue weighted by Gasteiger charge is 2.25. The predicted octanol–water partition coefficient (Wildman–Crippen LogP) is 1.92. The highest BCUT2D eigenvalue weighted by Crippen LogP contribution is 2.16. The fraction of sp³-hybridized carbons (Fsp3) is 1.00. The number of hydrogen-bond acceptors (Lipinski definition) is 3. The molecule has 0 saturated carbocycles. The van der Waals surface area contributed by atoms with Crippen LogP contribution in [0.5, 0.6) is 0 Å². The van der Waals surface area contributed by atoms with Crippen LogP contribution in [-0.4, -0.2) is 54.6 Å². The summed E-state index contributed by atoms with van der Waals surface area (Å²) in [5.74, 6) is 0. The van der Waals surface area contributed by atoms with E-state index in [4.69, 9.17) is 5.73 Å². The number of likely N-dealkylation sites (tertiary alicyclic amines) is 1. The molecule has 2 N–H and O–H groups in total. The van der Waals surface area contributed by atoms with Crippen molar-refractivity contribution in [2.24, 2.45) is 5.73 Å². The van der Waals surface area contributed by atoms with Crippen molar-refractivity contribution in [2.75, 3.05) is 32.7 Å². The van der Waals surface area contributed by atoms with Gasteiger partial charge in [-0.05, 0) is 51.9 Å². The Kier molecular flexibility index (Phi) is 7.09. The fourth-order valence-electron chi connectivity index (χ4n) is 2.83. The van der Waals surface area contributed by atoms with Crippen molar-refractivity contribution in [2.45, 2.75) is 58.5 Å². The summed E-state index contributed by atoms with van der Waals surface area (Å²) in [6, 6.07) is 1.21. The zero-order chi connectivity index (χ0) is 12.7. The first-order valence-corrected chi connectivity index (χ1v) is 7.43. The highest BCUT2D eigenvalue weighted by molar-refractivity contribution is 4.82. The fourth-order valence-corrected chi connectivity index (χ4v) is 2.83. The Morgan fingerprint density at radius 1 is 1.29 bits per heavy atom. The van der Waals surface area contributed by atoms with Gasteiger partial charge in [0.05, 0.1) is 0 Å². The zero-order valence-electron chi connectivity index (χ0n) is 12.0. The van der Waals surface area contributed by atoms with Crippen molar-refractivity contribution in [1.29, 1.82) is 0 Å². The van der Waals surface area contributed by atoms with Crippen LogP contribution in [0, 0.1) is 0 Å². The van der Waals surface area contributed by atoms with Gasteiger partial charge in [0, 0.05) is 18.6 Å². The maximum atomic E-state index is 5.95. The van der Waals surface area contributed by atoms with E-state index in [-0.39, 0.29) is 0 Å². The lowest BCUT2D eigenvalue weighted by Crippen LogP contribution is -2.37. The standard InChI is InChI=1S/C14H31N3/c1-4-13(15)8-7-10-16-11-9-14(12-16)17(5-2)6-3/h13-14H,4-12,15H2,1-3H3. The van der Waals surface area contributed by atoms with E-state index in [9.17, 15) is 0 Å². The molecule has 0 spiro atoms. The van der Waals surface area contributed by atoms with Crippen molar-refractivity contribution >= 4 is 0 Å². The van der Waals surface area contributed by atoms with Crippen LogP contribution >= 0.6 is 0 Å².